The van der Waals surface area contributed by atoms with Crippen LogP contribution in [0.2, 0.25) is 5.02 Å². The number of carbonyl (C=O) groups is 2. The summed E-state index contributed by atoms with van der Waals surface area (Å²) in [5, 5.41) is 3.71. The highest BCUT2D eigenvalue weighted by Gasteiger charge is 2.33. The number of carbonyl (C=O) groups excluding carboxylic acids is 2. The number of benzene rings is 1. The summed E-state index contributed by atoms with van der Waals surface area (Å²) in [4.78, 5) is 28.0. The van der Waals surface area contributed by atoms with E-state index in [2.05, 4.69) is 27.9 Å². The Morgan fingerprint density at radius 1 is 1.43 bits per heavy atom. The highest BCUT2D eigenvalue weighted by molar-refractivity contribution is 14.1. The average Bonchev–Trinajstić information content (AvgIpc) is 2.48. The number of hydrogen-bond acceptors (Lipinski definition) is 3. The molecule has 2 rings (SSSR count). The number of rotatable bonds is 2. The first-order valence-electron chi connectivity index (χ1n) is 6.59. The Labute approximate surface area is 142 Å². The molecule has 0 aliphatic carbocycles. The maximum atomic E-state index is 12.7. The lowest BCUT2D eigenvalue weighted by Crippen LogP contribution is -2.59. The summed E-state index contributed by atoms with van der Waals surface area (Å²) in [5.74, 6) is -0.234. The Morgan fingerprint density at radius 3 is 2.76 bits per heavy atom. The molecule has 1 aromatic carbocycles. The van der Waals surface area contributed by atoms with E-state index >= 15 is 0 Å². The van der Waals surface area contributed by atoms with Crippen LogP contribution in [0.15, 0.2) is 18.2 Å². The Morgan fingerprint density at radius 2 is 2.14 bits per heavy atom. The molecule has 5 nitrogen and oxygen atoms in total. The van der Waals surface area contributed by atoms with E-state index in [1.54, 1.807) is 37.2 Å². The molecule has 0 bridgehead atoms. The molecule has 7 heteroatoms. The largest absolute Gasteiger partial charge is 0.347 e. The van der Waals surface area contributed by atoms with Crippen molar-refractivity contribution in [3.05, 3.63) is 32.4 Å². The van der Waals surface area contributed by atoms with Gasteiger partial charge in [0.15, 0.2) is 0 Å². The smallest absolute Gasteiger partial charge is 0.254 e. The summed E-state index contributed by atoms with van der Waals surface area (Å²) >= 11 is 8.20. The molecule has 1 heterocycles. The van der Waals surface area contributed by atoms with Gasteiger partial charge in [-0.3, -0.25) is 9.59 Å². The van der Waals surface area contributed by atoms with E-state index in [0.29, 0.717) is 30.2 Å². The third-order valence-electron chi connectivity index (χ3n) is 3.40. The monoisotopic (exact) mass is 421 g/mol. The van der Waals surface area contributed by atoms with E-state index in [9.17, 15) is 9.59 Å². The number of amides is 2. The second kappa shape index (κ2) is 6.93. The molecule has 1 aliphatic rings. The molecular weight excluding hydrogens is 405 g/mol. The molecule has 2 amide bonds. The van der Waals surface area contributed by atoms with Crippen molar-refractivity contribution >= 4 is 46.0 Å². The minimum absolute atomic E-state index is 0.0767. The van der Waals surface area contributed by atoms with E-state index in [-0.39, 0.29) is 11.8 Å². The fourth-order valence-corrected chi connectivity index (χ4v) is 2.78. The quantitative estimate of drug-likeness (QED) is 0.736. The zero-order valence-corrected chi connectivity index (χ0v) is 14.8. The first-order chi connectivity index (χ1) is 9.91. The Balaban J connectivity index is 2.26. The molecule has 21 heavy (non-hydrogen) atoms. The summed E-state index contributed by atoms with van der Waals surface area (Å²) in [6.45, 7) is 1.66. The fourth-order valence-electron chi connectivity index (χ4n) is 2.26. The van der Waals surface area contributed by atoms with Crippen LogP contribution in [0.5, 0.6) is 0 Å². The molecule has 0 aromatic heterocycles. The second-order valence-corrected chi connectivity index (χ2v) is 6.65. The average molecular weight is 422 g/mol. The maximum absolute atomic E-state index is 12.7. The number of halogens is 2. The van der Waals surface area contributed by atoms with Crippen molar-refractivity contribution in [1.29, 1.82) is 0 Å². The standard InChI is InChI=1S/C14H17ClIN3O2/c1-18(2)14(21)12-8-17-5-6-19(12)13(20)9-3-4-11(16)10(15)7-9/h3-4,7,12,17H,5-6,8H2,1-2H3. The van der Waals surface area contributed by atoms with E-state index in [0.717, 1.165) is 3.57 Å². The highest BCUT2D eigenvalue weighted by Crippen LogP contribution is 2.21. The Bertz CT molecular complexity index is 565. The topological polar surface area (TPSA) is 52.7 Å². The van der Waals surface area contributed by atoms with Crippen molar-refractivity contribution in [1.82, 2.24) is 15.1 Å². The molecule has 1 N–H and O–H groups in total. The van der Waals surface area contributed by atoms with Crippen LogP contribution in [-0.4, -0.2) is 61.4 Å². The van der Waals surface area contributed by atoms with Gasteiger partial charge in [-0.15, -0.1) is 0 Å². The first-order valence-corrected chi connectivity index (χ1v) is 8.05. The van der Waals surface area contributed by atoms with Crippen molar-refractivity contribution in [2.75, 3.05) is 33.7 Å². The van der Waals surface area contributed by atoms with Crippen LogP contribution in [0.1, 0.15) is 10.4 Å². The zero-order valence-electron chi connectivity index (χ0n) is 11.9. The van der Waals surface area contributed by atoms with E-state index in [1.165, 1.54) is 4.90 Å². The number of hydrogen-bond donors (Lipinski definition) is 1. The van der Waals surface area contributed by atoms with Crippen LogP contribution in [0.3, 0.4) is 0 Å². The molecule has 0 saturated carbocycles. The number of likely N-dealkylation sites (N-methyl/N-ethyl adjacent to an activating group) is 1. The molecular formula is C14H17ClIN3O2. The second-order valence-electron chi connectivity index (χ2n) is 5.08. The SMILES string of the molecule is CN(C)C(=O)C1CNCCN1C(=O)c1ccc(I)c(Cl)c1. The molecule has 0 spiro atoms. The van der Waals surface area contributed by atoms with E-state index in [1.807, 2.05) is 0 Å². The lowest BCUT2D eigenvalue weighted by Gasteiger charge is -2.36. The van der Waals surface area contributed by atoms with Gasteiger partial charge in [-0.1, -0.05) is 11.6 Å². The predicted molar refractivity (Wildman–Crippen MR) is 90.6 cm³/mol. The number of nitrogens with one attached hydrogen (secondary N) is 1. The van der Waals surface area contributed by atoms with E-state index < -0.39 is 6.04 Å². The normalized spacial score (nSPS) is 18.5. The van der Waals surface area contributed by atoms with Crippen molar-refractivity contribution in [3.63, 3.8) is 0 Å². The van der Waals surface area contributed by atoms with Crippen LogP contribution in [0, 0.1) is 3.57 Å². The summed E-state index contributed by atoms with van der Waals surface area (Å²) in [5.41, 5.74) is 0.513. The van der Waals surface area contributed by atoms with E-state index in [4.69, 9.17) is 11.6 Å². The molecule has 1 aromatic rings. The molecule has 1 fully saturated rings. The molecule has 1 aliphatic heterocycles. The fraction of sp³-hybridized carbons (Fsp3) is 0.429. The summed E-state index contributed by atoms with van der Waals surface area (Å²) in [7, 11) is 3.39. The lowest BCUT2D eigenvalue weighted by molar-refractivity contribution is -0.134. The summed E-state index contributed by atoms with van der Waals surface area (Å²) in [6.07, 6.45) is 0. The molecule has 1 saturated heterocycles. The predicted octanol–water partition coefficient (Wildman–Crippen LogP) is 1.45. The van der Waals surface area contributed by atoms with Gasteiger partial charge in [0.25, 0.3) is 5.91 Å². The third-order valence-corrected chi connectivity index (χ3v) is 4.97. The van der Waals surface area contributed by atoms with Gasteiger partial charge in [-0.2, -0.15) is 0 Å². The molecule has 1 unspecified atom stereocenters. The third kappa shape index (κ3) is 3.67. The minimum Gasteiger partial charge on any atom is -0.347 e. The van der Waals surface area contributed by atoms with Crippen LogP contribution < -0.4 is 5.32 Å². The van der Waals surface area contributed by atoms with Gasteiger partial charge in [-0.05, 0) is 40.8 Å². The lowest BCUT2D eigenvalue weighted by atomic mass is 10.1. The number of nitrogens with zero attached hydrogens (tertiary/aromatic N) is 2. The van der Waals surface area contributed by atoms with Crippen LogP contribution >= 0.6 is 34.2 Å². The van der Waals surface area contributed by atoms with Crippen molar-refractivity contribution < 1.29 is 9.59 Å². The van der Waals surface area contributed by atoms with Crippen molar-refractivity contribution in [2.24, 2.45) is 0 Å². The van der Waals surface area contributed by atoms with Gasteiger partial charge in [0.2, 0.25) is 5.91 Å². The van der Waals surface area contributed by atoms with Gasteiger partial charge in [-0.25, -0.2) is 0 Å². The van der Waals surface area contributed by atoms with Crippen LogP contribution in [0.4, 0.5) is 0 Å². The maximum Gasteiger partial charge on any atom is 0.254 e. The van der Waals surface area contributed by atoms with Crippen LogP contribution in [-0.2, 0) is 4.79 Å². The zero-order chi connectivity index (χ0) is 15.6. The molecule has 114 valence electrons. The highest BCUT2D eigenvalue weighted by atomic mass is 127. The minimum atomic E-state index is -0.473. The van der Waals surface area contributed by atoms with Gasteiger partial charge < -0.3 is 15.1 Å². The first kappa shape index (κ1) is 16.5. The van der Waals surface area contributed by atoms with Crippen LogP contribution in [0.25, 0.3) is 0 Å². The Hall–Kier alpha value is -0.860. The van der Waals surface area contributed by atoms with Crippen molar-refractivity contribution in [2.45, 2.75) is 6.04 Å². The summed E-state index contributed by atoms with van der Waals surface area (Å²) in [6, 6.07) is 4.74. The Kier molecular flexibility index (Phi) is 5.45. The van der Waals surface area contributed by atoms with Gasteiger partial charge in [0.1, 0.15) is 6.04 Å². The number of piperazine rings is 1. The summed E-state index contributed by atoms with van der Waals surface area (Å²) < 4.78 is 0.895. The van der Waals surface area contributed by atoms with Gasteiger partial charge in [0, 0.05) is 42.9 Å². The molecule has 0 radical (unpaired) electrons. The molecule has 1 atom stereocenters. The van der Waals surface area contributed by atoms with Crippen molar-refractivity contribution in [3.8, 4) is 0 Å². The van der Waals surface area contributed by atoms with Gasteiger partial charge in [0.05, 0.1) is 5.02 Å². The van der Waals surface area contributed by atoms with Gasteiger partial charge >= 0.3 is 0 Å².